The zero-order chi connectivity index (χ0) is 15.0. The van der Waals surface area contributed by atoms with Crippen LogP contribution in [0.5, 0.6) is 5.75 Å². The summed E-state index contributed by atoms with van der Waals surface area (Å²) in [5.41, 5.74) is 1.33. The molecule has 0 saturated heterocycles. The number of hydrogen-bond donors (Lipinski definition) is 1. The summed E-state index contributed by atoms with van der Waals surface area (Å²) in [4.78, 5) is 27.6. The summed E-state index contributed by atoms with van der Waals surface area (Å²) in [6, 6.07) is 8.33. The van der Waals surface area contributed by atoms with Gasteiger partial charge in [-0.25, -0.2) is 4.98 Å². The summed E-state index contributed by atoms with van der Waals surface area (Å²) in [5, 5.41) is 9.28. The monoisotopic (exact) mass is 284 g/mol. The van der Waals surface area contributed by atoms with E-state index < -0.39 is 5.97 Å². The van der Waals surface area contributed by atoms with Gasteiger partial charge < -0.3 is 9.84 Å². The van der Waals surface area contributed by atoms with Crippen molar-refractivity contribution in [1.82, 2.24) is 9.38 Å². The van der Waals surface area contributed by atoms with Crippen LogP contribution in [0.3, 0.4) is 0 Å². The molecule has 2 heterocycles. The van der Waals surface area contributed by atoms with Gasteiger partial charge in [-0.15, -0.1) is 0 Å². The largest absolute Gasteiger partial charge is 0.497 e. The molecule has 2 aromatic heterocycles. The molecule has 0 radical (unpaired) electrons. The van der Waals surface area contributed by atoms with E-state index in [1.807, 2.05) is 0 Å². The predicted octanol–water partition coefficient (Wildman–Crippen LogP) is 1.48. The van der Waals surface area contributed by atoms with E-state index >= 15 is 0 Å². The van der Waals surface area contributed by atoms with Crippen molar-refractivity contribution in [2.24, 2.45) is 0 Å². The first-order chi connectivity index (χ1) is 10.1. The van der Waals surface area contributed by atoms with E-state index in [1.165, 1.54) is 10.6 Å². The molecule has 0 amide bonds. The van der Waals surface area contributed by atoms with Crippen LogP contribution in [0.15, 0.2) is 41.3 Å². The average Bonchev–Trinajstić information content (AvgIpc) is 2.47. The van der Waals surface area contributed by atoms with Gasteiger partial charge in [-0.05, 0) is 23.8 Å². The number of aromatic nitrogens is 2. The number of pyridine rings is 1. The SMILES string of the molecule is COc1ccc2c(=O)n3cc(CC(=O)O)ccc3nc2c1. The van der Waals surface area contributed by atoms with Gasteiger partial charge in [0.2, 0.25) is 0 Å². The molecule has 0 atom stereocenters. The highest BCUT2D eigenvalue weighted by molar-refractivity contribution is 5.81. The van der Waals surface area contributed by atoms with Gasteiger partial charge in [-0.2, -0.15) is 0 Å². The summed E-state index contributed by atoms with van der Waals surface area (Å²) >= 11 is 0. The lowest BCUT2D eigenvalue weighted by atomic mass is 10.2. The molecule has 0 unspecified atom stereocenters. The molecule has 0 aliphatic heterocycles. The van der Waals surface area contributed by atoms with E-state index in [0.29, 0.717) is 27.9 Å². The van der Waals surface area contributed by atoms with Crippen LogP contribution in [0.2, 0.25) is 0 Å². The summed E-state index contributed by atoms with van der Waals surface area (Å²) < 4.78 is 6.49. The molecular weight excluding hydrogens is 272 g/mol. The maximum atomic E-state index is 12.5. The van der Waals surface area contributed by atoms with Crippen LogP contribution in [0.4, 0.5) is 0 Å². The molecule has 0 saturated carbocycles. The van der Waals surface area contributed by atoms with E-state index in [-0.39, 0.29) is 12.0 Å². The number of carboxylic acid groups (broad SMARTS) is 1. The fourth-order valence-corrected chi connectivity index (χ4v) is 2.23. The molecule has 0 spiro atoms. The zero-order valence-electron chi connectivity index (χ0n) is 11.2. The molecule has 106 valence electrons. The van der Waals surface area contributed by atoms with Crippen molar-refractivity contribution in [3.63, 3.8) is 0 Å². The number of nitrogens with zero attached hydrogens (tertiary/aromatic N) is 2. The van der Waals surface area contributed by atoms with Gasteiger partial charge in [-0.1, -0.05) is 6.07 Å². The topological polar surface area (TPSA) is 80.9 Å². The molecule has 1 N–H and O–H groups in total. The number of ether oxygens (including phenoxy) is 1. The smallest absolute Gasteiger partial charge is 0.307 e. The Labute approximate surface area is 119 Å². The molecule has 6 nitrogen and oxygen atoms in total. The number of carboxylic acids is 1. The molecule has 0 fully saturated rings. The summed E-state index contributed by atoms with van der Waals surface area (Å²) in [7, 11) is 1.55. The van der Waals surface area contributed by atoms with Crippen molar-refractivity contribution in [3.05, 3.63) is 52.4 Å². The number of hydrogen-bond acceptors (Lipinski definition) is 4. The molecule has 3 rings (SSSR count). The molecule has 0 bridgehead atoms. The Morgan fingerprint density at radius 1 is 1.33 bits per heavy atom. The normalized spacial score (nSPS) is 10.9. The van der Waals surface area contributed by atoms with Gasteiger partial charge in [0, 0.05) is 12.3 Å². The van der Waals surface area contributed by atoms with Gasteiger partial charge in [0.05, 0.1) is 24.4 Å². The highest BCUT2D eigenvalue weighted by Gasteiger charge is 2.08. The number of fused-ring (bicyclic) bond motifs is 2. The third kappa shape index (κ3) is 2.31. The van der Waals surface area contributed by atoms with Crippen molar-refractivity contribution in [2.45, 2.75) is 6.42 Å². The fourth-order valence-electron chi connectivity index (χ4n) is 2.23. The minimum Gasteiger partial charge on any atom is -0.497 e. The maximum Gasteiger partial charge on any atom is 0.307 e. The lowest BCUT2D eigenvalue weighted by molar-refractivity contribution is -0.136. The number of methoxy groups -OCH3 is 1. The van der Waals surface area contributed by atoms with Crippen LogP contribution in [-0.2, 0) is 11.2 Å². The quantitative estimate of drug-likeness (QED) is 0.737. The minimum absolute atomic E-state index is 0.136. The zero-order valence-corrected chi connectivity index (χ0v) is 11.2. The van der Waals surface area contributed by atoms with Gasteiger partial charge in [0.1, 0.15) is 11.4 Å². The molecule has 1 aromatic carbocycles. The second-order valence-electron chi connectivity index (χ2n) is 4.64. The van der Waals surface area contributed by atoms with Crippen LogP contribution in [0, 0.1) is 0 Å². The highest BCUT2D eigenvalue weighted by atomic mass is 16.5. The lowest BCUT2D eigenvalue weighted by Gasteiger charge is -2.06. The van der Waals surface area contributed by atoms with Crippen LogP contribution in [-0.4, -0.2) is 27.6 Å². The Morgan fingerprint density at radius 2 is 2.14 bits per heavy atom. The minimum atomic E-state index is -0.944. The number of benzene rings is 1. The van der Waals surface area contributed by atoms with E-state index in [2.05, 4.69) is 4.98 Å². The highest BCUT2D eigenvalue weighted by Crippen LogP contribution is 2.17. The predicted molar refractivity (Wildman–Crippen MR) is 76.9 cm³/mol. The molecule has 0 aliphatic rings. The first-order valence-electron chi connectivity index (χ1n) is 6.29. The first-order valence-corrected chi connectivity index (χ1v) is 6.29. The van der Waals surface area contributed by atoms with Crippen molar-refractivity contribution in [3.8, 4) is 5.75 Å². The summed E-state index contributed by atoms with van der Waals surface area (Å²) in [6.45, 7) is 0. The van der Waals surface area contributed by atoms with Crippen molar-refractivity contribution < 1.29 is 14.6 Å². The maximum absolute atomic E-state index is 12.5. The number of rotatable bonds is 3. The standard InChI is InChI=1S/C15H12N2O4/c1-21-10-3-4-11-12(7-10)16-13-5-2-9(6-14(18)19)8-17(13)15(11)20/h2-5,7-8H,6H2,1H3,(H,18,19). The Balaban J connectivity index is 2.28. The molecule has 21 heavy (non-hydrogen) atoms. The van der Waals surface area contributed by atoms with E-state index in [1.54, 1.807) is 37.4 Å². The molecule has 3 aromatic rings. The summed E-state index contributed by atoms with van der Waals surface area (Å²) in [6.07, 6.45) is 1.38. The van der Waals surface area contributed by atoms with E-state index in [4.69, 9.17) is 9.84 Å². The molecule has 6 heteroatoms. The Bertz CT molecular complexity index is 915. The Hall–Kier alpha value is -2.89. The average molecular weight is 284 g/mol. The third-order valence-corrected chi connectivity index (χ3v) is 3.23. The summed E-state index contributed by atoms with van der Waals surface area (Å²) in [5.74, 6) is -0.317. The first kappa shape index (κ1) is 13.1. The number of aliphatic carboxylic acids is 1. The third-order valence-electron chi connectivity index (χ3n) is 3.23. The van der Waals surface area contributed by atoms with Gasteiger partial charge >= 0.3 is 5.97 Å². The number of carbonyl (C=O) groups is 1. The lowest BCUT2D eigenvalue weighted by Crippen LogP contribution is -2.16. The van der Waals surface area contributed by atoms with Crippen LogP contribution >= 0.6 is 0 Å². The van der Waals surface area contributed by atoms with E-state index in [0.717, 1.165) is 0 Å². The second kappa shape index (κ2) is 4.90. The Morgan fingerprint density at radius 3 is 2.86 bits per heavy atom. The van der Waals surface area contributed by atoms with Crippen molar-refractivity contribution in [1.29, 1.82) is 0 Å². The second-order valence-corrected chi connectivity index (χ2v) is 4.64. The van der Waals surface area contributed by atoms with Crippen LogP contribution < -0.4 is 10.3 Å². The van der Waals surface area contributed by atoms with Crippen LogP contribution in [0.1, 0.15) is 5.56 Å². The molecular formula is C15H12N2O4. The molecule has 0 aliphatic carbocycles. The van der Waals surface area contributed by atoms with E-state index in [9.17, 15) is 9.59 Å². The Kier molecular flexibility index (Phi) is 3.06. The fraction of sp³-hybridized carbons (Fsp3) is 0.133. The van der Waals surface area contributed by atoms with Crippen molar-refractivity contribution >= 4 is 22.5 Å². The van der Waals surface area contributed by atoms with Gasteiger partial charge in [0.15, 0.2) is 0 Å². The van der Waals surface area contributed by atoms with Gasteiger partial charge in [-0.3, -0.25) is 14.0 Å². The van der Waals surface area contributed by atoms with Gasteiger partial charge in [0.25, 0.3) is 5.56 Å². The van der Waals surface area contributed by atoms with Crippen LogP contribution in [0.25, 0.3) is 16.6 Å². The van der Waals surface area contributed by atoms with Crippen molar-refractivity contribution in [2.75, 3.05) is 7.11 Å².